The molecule has 8 nitrogen and oxygen atoms in total. The minimum absolute atomic E-state index is 0.0398. The molecule has 0 bridgehead atoms. The number of benzene rings is 1. The highest BCUT2D eigenvalue weighted by molar-refractivity contribution is 5.97. The van der Waals surface area contributed by atoms with Crippen LogP contribution in [0.25, 0.3) is 0 Å². The van der Waals surface area contributed by atoms with Crippen molar-refractivity contribution in [3.05, 3.63) is 47.8 Å². The monoisotopic (exact) mass is 372 g/mol. The van der Waals surface area contributed by atoms with Crippen LogP contribution >= 0.6 is 0 Å². The lowest BCUT2D eigenvalue weighted by Gasteiger charge is -2.37. The summed E-state index contributed by atoms with van der Waals surface area (Å²) in [5.74, 6) is 0.185. The Hall–Kier alpha value is -2.87. The summed E-state index contributed by atoms with van der Waals surface area (Å²) in [7, 11) is 1.51. The number of rotatable bonds is 6. The number of carbonyl (C=O) groups is 2. The molecule has 0 unspecified atom stereocenters. The molecule has 2 heterocycles. The molecule has 1 aromatic carbocycles. The number of hydrogen-bond acceptors (Lipinski definition) is 5. The molecule has 1 fully saturated rings. The highest BCUT2D eigenvalue weighted by Crippen LogP contribution is 2.31. The van der Waals surface area contributed by atoms with Crippen LogP contribution in [-0.4, -0.2) is 58.8 Å². The molecule has 0 radical (unpaired) electrons. The molecule has 3 N–H and O–H groups in total. The van der Waals surface area contributed by atoms with Gasteiger partial charge in [-0.3, -0.25) is 14.7 Å². The average Bonchev–Trinajstić information content (AvgIpc) is 3.24. The summed E-state index contributed by atoms with van der Waals surface area (Å²) in [5.41, 5.74) is 0.152. The van der Waals surface area contributed by atoms with Crippen LogP contribution in [0.15, 0.2) is 36.5 Å². The maximum atomic E-state index is 12.4. The van der Waals surface area contributed by atoms with Gasteiger partial charge in [0.05, 0.1) is 18.4 Å². The molecule has 1 aliphatic rings. The molecule has 1 aliphatic heterocycles. The van der Waals surface area contributed by atoms with Crippen molar-refractivity contribution in [2.75, 3.05) is 26.7 Å². The summed E-state index contributed by atoms with van der Waals surface area (Å²) in [6.07, 6.45) is 2.72. The molecule has 1 aromatic heterocycles. The molecule has 144 valence electrons. The highest BCUT2D eigenvalue weighted by Gasteiger charge is 2.36. The lowest BCUT2D eigenvalue weighted by atomic mass is 9.88. The van der Waals surface area contributed by atoms with Crippen LogP contribution in [0.5, 0.6) is 5.75 Å². The fourth-order valence-corrected chi connectivity index (χ4v) is 3.28. The standard InChI is InChI=1S/C19H24N4O4/c1-27-15-5-3-2-4-14(15)18(25)20-10-7-17(24)23-12-8-19(26,9-13-23)16-6-11-21-22-16/h2-6,11,26H,7-10,12-13H2,1H3,(H,20,25)(H,21,22). The largest absolute Gasteiger partial charge is 0.496 e. The SMILES string of the molecule is COc1ccccc1C(=O)NCCC(=O)N1CCC(O)(c2ccn[nH]2)CC1. The van der Waals surface area contributed by atoms with Gasteiger partial charge in [0.15, 0.2) is 0 Å². The molecule has 0 saturated carbocycles. The molecule has 0 spiro atoms. The Balaban J connectivity index is 1.46. The van der Waals surface area contributed by atoms with Crippen LogP contribution in [-0.2, 0) is 10.4 Å². The molecule has 8 heteroatoms. The van der Waals surface area contributed by atoms with Gasteiger partial charge in [0.1, 0.15) is 11.4 Å². The third-order valence-corrected chi connectivity index (χ3v) is 4.92. The van der Waals surface area contributed by atoms with E-state index >= 15 is 0 Å². The molecule has 1 saturated heterocycles. The van der Waals surface area contributed by atoms with Gasteiger partial charge in [-0.2, -0.15) is 5.10 Å². The molecule has 0 aliphatic carbocycles. The lowest BCUT2D eigenvalue weighted by molar-refractivity contribution is -0.135. The number of aliphatic hydroxyl groups is 1. The first kappa shape index (κ1) is 18.9. The first-order valence-corrected chi connectivity index (χ1v) is 8.95. The summed E-state index contributed by atoms with van der Waals surface area (Å²) >= 11 is 0. The van der Waals surface area contributed by atoms with Crippen molar-refractivity contribution in [3.63, 3.8) is 0 Å². The van der Waals surface area contributed by atoms with E-state index in [0.717, 1.165) is 0 Å². The second-order valence-electron chi connectivity index (χ2n) is 6.59. The zero-order valence-corrected chi connectivity index (χ0v) is 15.3. The fraction of sp³-hybridized carbons (Fsp3) is 0.421. The Labute approximate surface area is 157 Å². The van der Waals surface area contributed by atoms with Gasteiger partial charge in [-0.05, 0) is 31.0 Å². The summed E-state index contributed by atoms with van der Waals surface area (Å²) in [4.78, 5) is 26.3. The third-order valence-electron chi connectivity index (χ3n) is 4.92. The van der Waals surface area contributed by atoms with E-state index in [1.807, 2.05) is 0 Å². The Morgan fingerprint density at radius 2 is 2.04 bits per heavy atom. The summed E-state index contributed by atoms with van der Waals surface area (Å²) in [5, 5.41) is 20.1. The molecular weight excluding hydrogens is 348 g/mol. The number of H-pyrrole nitrogens is 1. The third kappa shape index (κ3) is 4.28. The molecule has 2 aromatic rings. The smallest absolute Gasteiger partial charge is 0.255 e. The van der Waals surface area contributed by atoms with Gasteiger partial charge in [-0.25, -0.2) is 0 Å². The van der Waals surface area contributed by atoms with Crippen LogP contribution in [0.1, 0.15) is 35.3 Å². The second kappa shape index (κ2) is 8.22. The first-order chi connectivity index (χ1) is 13.0. The van der Waals surface area contributed by atoms with E-state index in [4.69, 9.17) is 4.74 Å². The number of amides is 2. The van der Waals surface area contributed by atoms with Gasteiger partial charge < -0.3 is 20.1 Å². The van der Waals surface area contributed by atoms with Crippen molar-refractivity contribution in [2.45, 2.75) is 24.9 Å². The number of nitrogens with zero attached hydrogens (tertiary/aromatic N) is 2. The predicted octanol–water partition coefficient (Wildman–Crippen LogP) is 1.05. The highest BCUT2D eigenvalue weighted by atomic mass is 16.5. The average molecular weight is 372 g/mol. The van der Waals surface area contributed by atoms with Gasteiger partial charge in [0, 0.05) is 32.3 Å². The van der Waals surface area contributed by atoms with E-state index in [-0.39, 0.29) is 24.8 Å². The quantitative estimate of drug-likeness (QED) is 0.702. The number of likely N-dealkylation sites (tertiary alicyclic amines) is 1. The normalized spacial score (nSPS) is 16.0. The molecule has 27 heavy (non-hydrogen) atoms. The van der Waals surface area contributed by atoms with Crippen LogP contribution in [0.2, 0.25) is 0 Å². The zero-order chi connectivity index (χ0) is 19.3. The number of methoxy groups -OCH3 is 1. The van der Waals surface area contributed by atoms with Crippen molar-refractivity contribution in [3.8, 4) is 5.75 Å². The lowest BCUT2D eigenvalue weighted by Crippen LogP contribution is -2.46. The number of hydrogen-bond donors (Lipinski definition) is 3. The summed E-state index contributed by atoms with van der Waals surface area (Å²) < 4.78 is 5.17. The number of aromatic amines is 1. The summed E-state index contributed by atoms with van der Waals surface area (Å²) in [6.45, 7) is 1.18. The van der Waals surface area contributed by atoms with Crippen molar-refractivity contribution in [2.24, 2.45) is 0 Å². The summed E-state index contributed by atoms with van der Waals surface area (Å²) in [6, 6.07) is 8.70. The van der Waals surface area contributed by atoms with Crippen LogP contribution in [0, 0.1) is 0 Å². The molecule has 3 rings (SSSR count). The number of aromatic nitrogens is 2. The number of nitrogens with one attached hydrogen (secondary N) is 2. The van der Waals surface area contributed by atoms with Crippen molar-refractivity contribution in [1.82, 2.24) is 20.4 Å². The van der Waals surface area contributed by atoms with Gasteiger partial charge in [-0.15, -0.1) is 0 Å². The van der Waals surface area contributed by atoms with Crippen LogP contribution < -0.4 is 10.1 Å². The Bertz CT molecular complexity index is 783. The van der Waals surface area contributed by atoms with E-state index < -0.39 is 5.60 Å². The maximum absolute atomic E-state index is 12.4. The second-order valence-corrected chi connectivity index (χ2v) is 6.59. The maximum Gasteiger partial charge on any atom is 0.255 e. The predicted molar refractivity (Wildman–Crippen MR) is 98.2 cm³/mol. The van der Waals surface area contributed by atoms with Gasteiger partial charge in [0.25, 0.3) is 5.91 Å². The zero-order valence-electron chi connectivity index (χ0n) is 15.3. The molecular formula is C19H24N4O4. The van der Waals surface area contributed by atoms with E-state index in [0.29, 0.717) is 42.9 Å². The topological polar surface area (TPSA) is 108 Å². The minimum Gasteiger partial charge on any atom is -0.496 e. The first-order valence-electron chi connectivity index (χ1n) is 8.95. The van der Waals surface area contributed by atoms with Crippen LogP contribution in [0.4, 0.5) is 0 Å². The van der Waals surface area contributed by atoms with Crippen molar-refractivity contribution in [1.29, 1.82) is 0 Å². The fourth-order valence-electron chi connectivity index (χ4n) is 3.28. The minimum atomic E-state index is -0.967. The van der Waals surface area contributed by atoms with Crippen LogP contribution in [0.3, 0.4) is 0 Å². The van der Waals surface area contributed by atoms with Gasteiger partial charge in [0.2, 0.25) is 5.91 Å². The van der Waals surface area contributed by atoms with E-state index in [9.17, 15) is 14.7 Å². The van der Waals surface area contributed by atoms with E-state index in [1.54, 1.807) is 41.4 Å². The van der Waals surface area contributed by atoms with Gasteiger partial charge >= 0.3 is 0 Å². The number of ether oxygens (including phenoxy) is 1. The number of para-hydroxylation sites is 1. The van der Waals surface area contributed by atoms with E-state index in [2.05, 4.69) is 15.5 Å². The Kier molecular flexibility index (Phi) is 5.75. The Morgan fingerprint density at radius 1 is 1.30 bits per heavy atom. The van der Waals surface area contributed by atoms with E-state index in [1.165, 1.54) is 7.11 Å². The number of carbonyl (C=O) groups excluding carboxylic acids is 2. The van der Waals surface area contributed by atoms with Crippen molar-refractivity contribution >= 4 is 11.8 Å². The van der Waals surface area contributed by atoms with Gasteiger partial charge in [-0.1, -0.05) is 12.1 Å². The molecule has 0 atom stereocenters. The van der Waals surface area contributed by atoms with Crippen molar-refractivity contribution < 1.29 is 19.4 Å². The number of piperidine rings is 1. The Morgan fingerprint density at radius 3 is 2.70 bits per heavy atom. The molecule has 2 amide bonds.